The van der Waals surface area contributed by atoms with Crippen molar-refractivity contribution in [2.45, 2.75) is 18.8 Å². The summed E-state index contributed by atoms with van der Waals surface area (Å²) >= 11 is 0. The van der Waals surface area contributed by atoms with Gasteiger partial charge in [0.25, 0.3) is 0 Å². The van der Waals surface area contributed by atoms with Gasteiger partial charge in [-0.1, -0.05) is 42.5 Å². The zero-order valence-corrected chi connectivity index (χ0v) is 22.7. The van der Waals surface area contributed by atoms with Gasteiger partial charge in [0.1, 0.15) is 34.5 Å². The summed E-state index contributed by atoms with van der Waals surface area (Å²) < 4.78 is 22.8. The first-order valence-corrected chi connectivity index (χ1v) is 12.7. The van der Waals surface area contributed by atoms with Crippen LogP contribution >= 0.6 is 0 Å². The molecule has 0 spiro atoms. The molecule has 4 aromatic carbocycles. The van der Waals surface area contributed by atoms with Gasteiger partial charge < -0.3 is 29.2 Å². The number of hydrogen-bond donors (Lipinski definition) is 2. The van der Waals surface area contributed by atoms with Crippen LogP contribution in [-0.4, -0.2) is 38.7 Å². The molecule has 0 radical (unpaired) electrons. The van der Waals surface area contributed by atoms with E-state index in [1.807, 2.05) is 54.6 Å². The Morgan fingerprint density at radius 1 is 0.615 bits per heavy atom. The van der Waals surface area contributed by atoms with Crippen LogP contribution in [0.2, 0.25) is 0 Å². The van der Waals surface area contributed by atoms with E-state index in [0.717, 1.165) is 51.5 Å². The van der Waals surface area contributed by atoms with Gasteiger partial charge in [-0.05, 0) is 77.6 Å². The van der Waals surface area contributed by atoms with E-state index < -0.39 is 0 Å². The Hall–Kier alpha value is -4.58. The fourth-order valence-electron chi connectivity index (χ4n) is 4.73. The van der Waals surface area contributed by atoms with Crippen LogP contribution < -0.4 is 18.9 Å². The maximum absolute atomic E-state index is 9.90. The van der Waals surface area contributed by atoms with Crippen molar-refractivity contribution in [2.75, 3.05) is 28.4 Å². The average Bonchev–Trinajstić information content (AvgIpc) is 2.97. The second-order valence-electron chi connectivity index (χ2n) is 9.12. The summed E-state index contributed by atoms with van der Waals surface area (Å²) in [6, 6.07) is 24.3. The fraction of sp³-hybridized carbons (Fsp3) is 0.212. The van der Waals surface area contributed by atoms with Gasteiger partial charge in [-0.25, -0.2) is 0 Å². The Balaban J connectivity index is 1.75. The summed E-state index contributed by atoms with van der Waals surface area (Å²) in [5, 5.41) is 19.5. The second-order valence-corrected chi connectivity index (χ2v) is 9.12. The van der Waals surface area contributed by atoms with Gasteiger partial charge in [-0.2, -0.15) is 0 Å². The summed E-state index contributed by atoms with van der Waals surface area (Å²) in [7, 11) is 6.59. The van der Waals surface area contributed by atoms with Crippen LogP contribution in [0.5, 0.6) is 34.5 Å². The molecule has 0 fully saturated rings. The fourth-order valence-corrected chi connectivity index (χ4v) is 4.73. The minimum atomic E-state index is -0.0607. The number of benzene rings is 4. The van der Waals surface area contributed by atoms with Gasteiger partial charge in [0.05, 0.1) is 28.4 Å². The summed E-state index contributed by atoms with van der Waals surface area (Å²) in [5.41, 5.74) is 4.94. The van der Waals surface area contributed by atoms with E-state index in [1.165, 1.54) is 0 Å². The predicted molar refractivity (Wildman–Crippen MR) is 154 cm³/mol. The number of methoxy groups -OCH3 is 4. The number of aryl methyl sites for hydroxylation is 1. The molecule has 202 valence electrons. The number of ether oxygens (including phenoxy) is 4. The van der Waals surface area contributed by atoms with Gasteiger partial charge >= 0.3 is 0 Å². The maximum Gasteiger partial charge on any atom is 0.126 e. The molecule has 0 bridgehead atoms. The Morgan fingerprint density at radius 2 is 1.21 bits per heavy atom. The van der Waals surface area contributed by atoms with Gasteiger partial charge in [-0.3, -0.25) is 0 Å². The van der Waals surface area contributed by atoms with E-state index in [9.17, 15) is 10.2 Å². The molecule has 0 aliphatic heterocycles. The molecular weight excluding hydrogens is 492 g/mol. The number of rotatable bonds is 11. The van der Waals surface area contributed by atoms with Crippen molar-refractivity contribution >= 4 is 12.2 Å². The highest BCUT2D eigenvalue weighted by atomic mass is 16.5. The quantitative estimate of drug-likeness (QED) is 0.204. The molecule has 0 heterocycles. The Kier molecular flexibility index (Phi) is 9.00. The van der Waals surface area contributed by atoms with Crippen molar-refractivity contribution in [3.05, 3.63) is 107 Å². The molecule has 0 saturated carbocycles. The lowest BCUT2D eigenvalue weighted by atomic mass is 9.84. The molecule has 2 N–H and O–H groups in total. The first-order chi connectivity index (χ1) is 18.9. The van der Waals surface area contributed by atoms with Crippen LogP contribution in [0.1, 0.15) is 40.2 Å². The molecule has 0 amide bonds. The number of aromatic hydroxyl groups is 2. The van der Waals surface area contributed by atoms with E-state index >= 15 is 0 Å². The molecule has 0 unspecified atom stereocenters. The monoisotopic (exact) mass is 526 g/mol. The first-order valence-electron chi connectivity index (χ1n) is 12.7. The summed E-state index contributed by atoms with van der Waals surface area (Å²) in [5.74, 6) is 3.21. The van der Waals surface area contributed by atoms with Crippen molar-refractivity contribution in [3.63, 3.8) is 0 Å². The number of phenolic OH excluding ortho intramolecular Hbond substituents is 2. The highest BCUT2D eigenvalue weighted by Crippen LogP contribution is 2.43. The van der Waals surface area contributed by atoms with Crippen LogP contribution in [0.3, 0.4) is 0 Å². The molecule has 4 aromatic rings. The molecule has 0 aromatic heterocycles. The molecule has 0 aliphatic carbocycles. The van der Waals surface area contributed by atoms with Crippen LogP contribution in [0.15, 0.2) is 78.9 Å². The number of phenols is 2. The van der Waals surface area contributed by atoms with E-state index in [-0.39, 0.29) is 17.4 Å². The van der Waals surface area contributed by atoms with Crippen molar-refractivity contribution in [3.8, 4) is 34.5 Å². The van der Waals surface area contributed by atoms with Crippen LogP contribution in [0.4, 0.5) is 0 Å². The minimum absolute atomic E-state index is 0.0607. The Bertz CT molecular complexity index is 1380. The predicted octanol–water partition coefficient (Wildman–Crippen LogP) is 7.07. The first kappa shape index (κ1) is 27.5. The van der Waals surface area contributed by atoms with E-state index in [4.69, 9.17) is 18.9 Å². The lowest BCUT2D eigenvalue weighted by molar-refractivity contribution is 0.379. The normalized spacial score (nSPS) is 11.8. The third-order valence-electron chi connectivity index (χ3n) is 6.77. The lowest BCUT2D eigenvalue weighted by Crippen LogP contribution is -2.08. The molecule has 4 rings (SSSR count). The van der Waals surface area contributed by atoms with Crippen LogP contribution in [0.25, 0.3) is 12.2 Å². The van der Waals surface area contributed by atoms with E-state index in [2.05, 4.69) is 12.1 Å². The highest BCUT2D eigenvalue weighted by molar-refractivity contribution is 5.72. The third-order valence-corrected chi connectivity index (χ3v) is 6.77. The molecular formula is C33H34O6. The summed E-state index contributed by atoms with van der Waals surface area (Å²) in [4.78, 5) is 0. The Morgan fingerprint density at radius 3 is 1.79 bits per heavy atom. The van der Waals surface area contributed by atoms with Crippen LogP contribution in [-0.2, 0) is 6.42 Å². The van der Waals surface area contributed by atoms with E-state index in [0.29, 0.717) is 12.2 Å². The molecule has 6 heteroatoms. The maximum atomic E-state index is 9.90. The molecule has 0 aliphatic rings. The highest BCUT2D eigenvalue weighted by Gasteiger charge is 2.24. The van der Waals surface area contributed by atoms with Crippen molar-refractivity contribution < 1.29 is 29.2 Å². The molecule has 1 atom stereocenters. The summed E-state index contributed by atoms with van der Waals surface area (Å²) in [6.07, 6.45) is 5.41. The lowest BCUT2D eigenvalue weighted by Gasteiger charge is -2.24. The third kappa shape index (κ3) is 6.65. The van der Waals surface area contributed by atoms with Crippen LogP contribution in [0, 0.1) is 0 Å². The topological polar surface area (TPSA) is 77.4 Å². The smallest absolute Gasteiger partial charge is 0.126 e. The van der Waals surface area contributed by atoms with Gasteiger partial charge in [0, 0.05) is 17.5 Å². The largest absolute Gasteiger partial charge is 0.508 e. The van der Waals surface area contributed by atoms with Gasteiger partial charge in [-0.15, -0.1) is 0 Å². The number of hydrogen-bond acceptors (Lipinski definition) is 6. The molecule has 39 heavy (non-hydrogen) atoms. The van der Waals surface area contributed by atoms with Gasteiger partial charge in [0.2, 0.25) is 0 Å². The van der Waals surface area contributed by atoms with Crippen molar-refractivity contribution in [1.82, 2.24) is 0 Å². The van der Waals surface area contributed by atoms with Crippen molar-refractivity contribution in [1.29, 1.82) is 0 Å². The zero-order chi connectivity index (χ0) is 27.8. The average molecular weight is 527 g/mol. The van der Waals surface area contributed by atoms with E-state index in [1.54, 1.807) is 52.7 Å². The van der Waals surface area contributed by atoms with Crippen molar-refractivity contribution in [2.24, 2.45) is 0 Å². The standard InChI is InChI=1S/C33H34O6/c1-36-28-16-10-24(11-17-28)29(18-12-25-9-15-27(35)21-30(25)37-2)33-31(38-3)19-23(20-32(33)39-4)6-5-22-7-13-26(34)14-8-22/h5-11,13-17,19-21,29,34-35H,12,18H2,1-4H3/b6-5+/t29-/m0/s1. The summed E-state index contributed by atoms with van der Waals surface area (Å²) in [6.45, 7) is 0. The Labute approximate surface area is 229 Å². The SMILES string of the molecule is COc1ccc([C@H](CCc2ccc(O)cc2OC)c2c(OC)cc(/C=C/c3ccc(O)cc3)cc2OC)cc1. The molecule has 0 saturated heterocycles. The van der Waals surface area contributed by atoms with Gasteiger partial charge in [0.15, 0.2) is 0 Å². The molecule has 6 nitrogen and oxygen atoms in total. The zero-order valence-electron chi connectivity index (χ0n) is 22.7. The second kappa shape index (κ2) is 12.8. The minimum Gasteiger partial charge on any atom is -0.508 e.